The zero-order valence-electron chi connectivity index (χ0n) is 21.4. The molecule has 0 spiro atoms. The quantitative estimate of drug-likeness (QED) is 0.251. The number of rotatable bonds is 5. The first kappa shape index (κ1) is 25.5. The maximum Gasteiger partial charge on any atom is 0.0900 e. The van der Waals surface area contributed by atoms with Gasteiger partial charge in [-0.15, -0.1) is 0 Å². The van der Waals surface area contributed by atoms with E-state index in [0.29, 0.717) is 6.10 Å². The van der Waals surface area contributed by atoms with Gasteiger partial charge in [0, 0.05) is 42.4 Å². The first-order valence-electron chi connectivity index (χ1n) is 13.3. The highest BCUT2D eigenvalue weighted by Crippen LogP contribution is 2.34. The van der Waals surface area contributed by atoms with Crippen LogP contribution in [0, 0.1) is 0 Å². The van der Waals surface area contributed by atoms with Crippen LogP contribution in [0.2, 0.25) is 0 Å². The summed E-state index contributed by atoms with van der Waals surface area (Å²) in [6.45, 7) is 0. The Kier molecular flexibility index (Phi) is 7.50. The van der Waals surface area contributed by atoms with Gasteiger partial charge in [-0.2, -0.15) is 0 Å². The number of hydrogen-bond acceptors (Lipinski definition) is 5. The lowest BCUT2D eigenvalue weighted by Gasteiger charge is -2.26. The van der Waals surface area contributed by atoms with E-state index in [4.69, 9.17) is 26.3 Å². The zero-order chi connectivity index (χ0) is 26.1. The molecule has 6 rings (SSSR count). The summed E-state index contributed by atoms with van der Waals surface area (Å²) < 4.78 is 7.94. The molecule has 0 radical (unpaired) electrons. The molecule has 1 unspecified atom stereocenters. The van der Waals surface area contributed by atoms with E-state index in [1.54, 1.807) is 0 Å². The van der Waals surface area contributed by atoms with Crippen LogP contribution in [0.1, 0.15) is 44.9 Å². The summed E-state index contributed by atoms with van der Waals surface area (Å²) in [5, 5.41) is 5.49. The minimum Gasteiger partial charge on any atom is -0.381 e. The Morgan fingerprint density at radius 3 is 2.71 bits per heavy atom. The number of aromatic nitrogens is 2. The van der Waals surface area contributed by atoms with Crippen molar-refractivity contribution in [3.8, 4) is 11.4 Å². The van der Waals surface area contributed by atoms with E-state index in [9.17, 15) is 0 Å². The summed E-state index contributed by atoms with van der Waals surface area (Å²) in [6, 6.07) is 12.9. The van der Waals surface area contributed by atoms with Gasteiger partial charge in [0.05, 0.1) is 50.4 Å². The van der Waals surface area contributed by atoms with E-state index in [1.807, 2.05) is 31.7 Å². The van der Waals surface area contributed by atoms with Gasteiger partial charge in [-0.3, -0.25) is 9.98 Å². The molecule has 0 saturated heterocycles. The second-order valence-corrected chi connectivity index (χ2v) is 11.8. The second-order valence-electron chi connectivity index (χ2n) is 10.2. The van der Waals surface area contributed by atoms with Crippen molar-refractivity contribution in [1.82, 2.24) is 9.55 Å². The molecule has 2 heterocycles. The SMILES string of the molecule is COC1CCC(N=c2cc3n(C4=CC=C(Cl)CC4)c4ccccc4nc-3cc2NC2=CN=CC(Br)C2)CC1. The van der Waals surface area contributed by atoms with Crippen LogP contribution >= 0.6 is 27.5 Å². The van der Waals surface area contributed by atoms with Crippen molar-refractivity contribution < 1.29 is 4.74 Å². The van der Waals surface area contributed by atoms with Gasteiger partial charge in [0.15, 0.2) is 0 Å². The van der Waals surface area contributed by atoms with Gasteiger partial charge in [-0.1, -0.05) is 39.7 Å². The Bertz CT molecular complexity index is 1510. The Balaban J connectivity index is 1.54. The van der Waals surface area contributed by atoms with Crippen molar-refractivity contribution in [2.24, 2.45) is 9.98 Å². The molecule has 196 valence electrons. The van der Waals surface area contributed by atoms with Crippen molar-refractivity contribution in [3.05, 3.63) is 70.8 Å². The molecule has 38 heavy (non-hydrogen) atoms. The number of hydrogen-bond donors (Lipinski definition) is 1. The van der Waals surface area contributed by atoms with Gasteiger partial charge in [-0.05, 0) is 74.9 Å². The number of nitrogens with one attached hydrogen (secondary N) is 1. The molecule has 0 amide bonds. The van der Waals surface area contributed by atoms with Crippen LogP contribution < -0.4 is 10.7 Å². The van der Waals surface area contributed by atoms with Crippen molar-refractivity contribution >= 4 is 56.2 Å². The number of benzene rings is 2. The third-order valence-corrected chi connectivity index (χ3v) is 8.42. The Labute approximate surface area is 236 Å². The summed E-state index contributed by atoms with van der Waals surface area (Å²) in [4.78, 5) is 15.0. The lowest BCUT2D eigenvalue weighted by Crippen LogP contribution is -2.25. The zero-order valence-corrected chi connectivity index (χ0v) is 23.8. The fourth-order valence-corrected chi connectivity index (χ4v) is 6.19. The van der Waals surface area contributed by atoms with Gasteiger partial charge >= 0.3 is 0 Å². The topological polar surface area (TPSA) is 63.8 Å². The minimum atomic E-state index is 0.211. The molecule has 2 aliphatic heterocycles. The number of methoxy groups -OCH3 is 1. The van der Waals surface area contributed by atoms with Gasteiger partial charge in [-0.25, -0.2) is 4.98 Å². The molecular formula is C30H31BrClN5O. The molecule has 1 fully saturated rings. The van der Waals surface area contributed by atoms with E-state index in [0.717, 1.165) is 89.1 Å². The van der Waals surface area contributed by atoms with Gasteiger partial charge in [0.25, 0.3) is 0 Å². The Morgan fingerprint density at radius 1 is 1.11 bits per heavy atom. The van der Waals surface area contributed by atoms with Crippen LogP contribution in [0.4, 0.5) is 5.69 Å². The molecule has 6 nitrogen and oxygen atoms in total. The molecule has 1 aromatic carbocycles. The number of fused-ring (bicyclic) bond motifs is 2. The minimum absolute atomic E-state index is 0.211. The maximum absolute atomic E-state index is 6.33. The smallest absolute Gasteiger partial charge is 0.0900 e. The maximum atomic E-state index is 6.33. The number of nitrogens with zero attached hydrogens (tertiary/aromatic N) is 4. The summed E-state index contributed by atoms with van der Waals surface area (Å²) in [7, 11) is 1.81. The molecule has 0 bridgehead atoms. The average Bonchev–Trinajstić information content (AvgIpc) is 2.93. The number of aliphatic imine (C=N–C) groups is 1. The molecule has 1 N–H and O–H groups in total. The number of allylic oxidation sites excluding steroid dienone is 5. The normalized spacial score (nSPS) is 24.3. The molecule has 0 aromatic heterocycles. The predicted octanol–water partition coefficient (Wildman–Crippen LogP) is 7.25. The van der Waals surface area contributed by atoms with Crippen molar-refractivity contribution in [1.29, 1.82) is 0 Å². The number of halogens is 2. The first-order chi connectivity index (χ1) is 18.6. The molecule has 1 atom stereocenters. The lowest BCUT2D eigenvalue weighted by atomic mass is 9.93. The first-order valence-corrected chi connectivity index (χ1v) is 14.6. The van der Waals surface area contributed by atoms with E-state index < -0.39 is 0 Å². The lowest BCUT2D eigenvalue weighted by molar-refractivity contribution is 0.0663. The second kappa shape index (κ2) is 11.2. The highest BCUT2D eigenvalue weighted by Gasteiger charge is 2.23. The standard InChI is InChI=1S/C30H31BrClN5O/c1-38-24-12-8-21(9-13-24)34-27-16-30-28(15-26(27)35-22-14-19(31)17-33-18-22)36-25-4-2-3-5-29(25)37(30)23-10-6-20(32)7-11-23/h2-6,10,15-19,21,24,35H,7-9,11-14H2,1H3. The fourth-order valence-electron chi connectivity index (χ4n) is 5.55. The predicted molar refractivity (Wildman–Crippen MR) is 160 cm³/mol. The summed E-state index contributed by atoms with van der Waals surface area (Å²) >= 11 is 10.0. The van der Waals surface area contributed by atoms with E-state index >= 15 is 0 Å². The van der Waals surface area contributed by atoms with Crippen LogP contribution in [-0.4, -0.2) is 39.8 Å². The summed E-state index contributed by atoms with van der Waals surface area (Å²) in [5.41, 5.74) is 7.22. The molecule has 5 aliphatic rings. The third-order valence-electron chi connectivity index (χ3n) is 7.55. The fraction of sp³-hybridized carbons (Fsp3) is 0.367. The van der Waals surface area contributed by atoms with Crippen molar-refractivity contribution in [2.75, 3.05) is 12.4 Å². The monoisotopic (exact) mass is 591 g/mol. The van der Waals surface area contributed by atoms with Gasteiger partial charge < -0.3 is 14.6 Å². The molecular weight excluding hydrogens is 562 g/mol. The van der Waals surface area contributed by atoms with Crippen molar-refractivity contribution in [2.45, 2.75) is 61.9 Å². The Hall–Kier alpha value is -2.74. The van der Waals surface area contributed by atoms with Crippen LogP contribution in [0.25, 0.3) is 28.1 Å². The molecule has 1 aromatic rings. The highest BCUT2D eigenvalue weighted by molar-refractivity contribution is 9.10. The average molecular weight is 593 g/mol. The number of para-hydroxylation sites is 2. The summed E-state index contributed by atoms with van der Waals surface area (Å²) in [5.74, 6) is 0. The van der Waals surface area contributed by atoms with E-state index in [-0.39, 0.29) is 10.9 Å². The highest BCUT2D eigenvalue weighted by atomic mass is 79.9. The number of alkyl halides is 1. The Morgan fingerprint density at radius 2 is 1.95 bits per heavy atom. The van der Waals surface area contributed by atoms with Gasteiger partial charge in [0.2, 0.25) is 0 Å². The van der Waals surface area contributed by atoms with Crippen LogP contribution in [-0.2, 0) is 4.74 Å². The van der Waals surface area contributed by atoms with Crippen LogP contribution in [0.15, 0.2) is 75.5 Å². The molecule has 1 saturated carbocycles. The number of ether oxygens (including phenoxy) is 1. The number of anilines is 1. The molecule has 8 heteroatoms. The van der Waals surface area contributed by atoms with Crippen LogP contribution in [0.5, 0.6) is 0 Å². The van der Waals surface area contributed by atoms with E-state index in [2.05, 4.69) is 67.2 Å². The largest absolute Gasteiger partial charge is 0.381 e. The third kappa shape index (κ3) is 5.37. The molecule has 3 aliphatic carbocycles. The van der Waals surface area contributed by atoms with Crippen LogP contribution in [0.3, 0.4) is 0 Å². The summed E-state index contributed by atoms with van der Waals surface area (Å²) in [6.07, 6.45) is 15.0. The van der Waals surface area contributed by atoms with Gasteiger partial charge in [0.1, 0.15) is 0 Å². The van der Waals surface area contributed by atoms with Crippen molar-refractivity contribution in [3.63, 3.8) is 0 Å². The van der Waals surface area contributed by atoms with E-state index in [1.165, 1.54) is 5.70 Å².